The van der Waals surface area contributed by atoms with Crippen LogP contribution >= 0.6 is 0 Å². The maximum atomic E-state index is 12.1. The van der Waals surface area contributed by atoms with E-state index in [0.29, 0.717) is 19.5 Å². The van der Waals surface area contributed by atoms with Crippen LogP contribution in [0.3, 0.4) is 0 Å². The summed E-state index contributed by atoms with van der Waals surface area (Å²) >= 11 is 0. The highest BCUT2D eigenvalue weighted by atomic mass is 16.1. The average Bonchev–Trinajstić information content (AvgIpc) is 3.12. The van der Waals surface area contributed by atoms with Crippen molar-refractivity contribution < 1.29 is 4.79 Å². The van der Waals surface area contributed by atoms with Gasteiger partial charge in [0.2, 0.25) is 5.91 Å². The Bertz CT molecular complexity index is 1060. The van der Waals surface area contributed by atoms with Crippen molar-refractivity contribution in [3.05, 3.63) is 84.7 Å². The first kappa shape index (κ1) is 17.9. The molecule has 2 aromatic carbocycles. The number of amides is 1. The fourth-order valence-electron chi connectivity index (χ4n) is 3.28. The van der Waals surface area contributed by atoms with Crippen molar-refractivity contribution in [1.29, 1.82) is 0 Å². The molecule has 0 saturated heterocycles. The predicted octanol–water partition coefficient (Wildman–Crippen LogP) is 4.19. The SMILES string of the molecule is O=C(CCCn1nc(-c2ccccc2)c2ccccc21)NCc1ccccn1. The van der Waals surface area contributed by atoms with Gasteiger partial charge in [-0.2, -0.15) is 5.10 Å². The number of rotatable bonds is 7. The van der Waals surface area contributed by atoms with Crippen molar-refractivity contribution in [1.82, 2.24) is 20.1 Å². The summed E-state index contributed by atoms with van der Waals surface area (Å²) in [6.45, 7) is 1.16. The van der Waals surface area contributed by atoms with Gasteiger partial charge in [0, 0.05) is 30.1 Å². The Kier molecular flexibility index (Phi) is 5.43. The molecule has 0 aliphatic carbocycles. The lowest BCUT2D eigenvalue weighted by Gasteiger charge is -2.06. The fraction of sp³-hybridized carbons (Fsp3) is 0.174. The van der Waals surface area contributed by atoms with Gasteiger partial charge in [0.25, 0.3) is 0 Å². The number of fused-ring (bicyclic) bond motifs is 1. The minimum atomic E-state index is 0.0328. The molecule has 0 radical (unpaired) electrons. The van der Waals surface area contributed by atoms with E-state index < -0.39 is 0 Å². The fourth-order valence-corrected chi connectivity index (χ4v) is 3.28. The zero-order valence-corrected chi connectivity index (χ0v) is 15.6. The quantitative estimate of drug-likeness (QED) is 0.530. The number of nitrogens with one attached hydrogen (secondary N) is 1. The van der Waals surface area contributed by atoms with Gasteiger partial charge in [0.05, 0.1) is 17.8 Å². The number of nitrogens with zero attached hydrogens (tertiary/aromatic N) is 3. The molecule has 1 amide bonds. The molecule has 1 N–H and O–H groups in total. The molecule has 0 aliphatic heterocycles. The Morgan fingerprint density at radius 1 is 0.929 bits per heavy atom. The number of para-hydroxylation sites is 1. The van der Waals surface area contributed by atoms with Crippen molar-refractivity contribution in [3.8, 4) is 11.3 Å². The van der Waals surface area contributed by atoms with Crippen molar-refractivity contribution in [3.63, 3.8) is 0 Å². The van der Waals surface area contributed by atoms with Crippen LogP contribution in [-0.2, 0) is 17.9 Å². The molecule has 0 fully saturated rings. The highest BCUT2D eigenvalue weighted by molar-refractivity contribution is 5.93. The van der Waals surface area contributed by atoms with Crippen LogP contribution in [0.5, 0.6) is 0 Å². The molecule has 0 bridgehead atoms. The highest BCUT2D eigenvalue weighted by Gasteiger charge is 2.12. The number of aryl methyl sites for hydroxylation is 1. The number of hydrogen-bond donors (Lipinski definition) is 1. The van der Waals surface area contributed by atoms with E-state index in [1.807, 2.05) is 53.2 Å². The first-order chi connectivity index (χ1) is 13.8. The molecule has 5 heteroatoms. The van der Waals surface area contributed by atoms with E-state index in [1.165, 1.54) is 0 Å². The van der Waals surface area contributed by atoms with Crippen molar-refractivity contribution in [2.75, 3.05) is 0 Å². The molecule has 4 aromatic rings. The van der Waals surface area contributed by atoms with Gasteiger partial charge in [0.1, 0.15) is 5.69 Å². The van der Waals surface area contributed by atoms with Crippen LogP contribution < -0.4 is 5.32 Å². The average molecular weight is 370 g/mol. The Balaban J connectivity index is 1.40. The monoisotopic (exact) mass is 370 g/mol. The van der Waals surface area contributed by atoms with Gasteiger partial charge >= 0.3 is 0 Å². The smallest absolute Gasteiger partial charge is 0.220 e. The molecule has 0 saturated carbocycles. The lowest BCUT2D eigenvalue weighted by atomic mass is 10.1. The summed E-state index contributed by atoms with van der Waals surface area (Å²) in [5.74, 6) is 0.0328. The summed E-state index contributed by atoms with van der Waals surface area (Å²) in [5, 5.41) is 8.88. The van der Waals surface area contributed by atoms with Crippen molar-refractivity contribution in [2.24, 2.45) is 0 Å². The minimum Gasteiger partial charge on any atom is -0.350 e. The molecule has 28 heavy (non-hydrogen) atoms. The van der Waals surface area contributed by atoms with Crippen molar-refractivity contribution >= 4 is 16.8 Å². The van der Waals surface area contributed by atoms with Crippen LogP contribution in [0, 0.1) is 0 Å². The van der Waals surface area contributed by atoms with Gasteiger partial charge in [-0.3, -0.25) is 14.5 Å². The second-order valence-corrected chi connectivity index (χ2v) is 6.66. The summed E-state index contributed by atoms with van der Waals surface area (Å²) in [6, 6.07) is 24.1. The molecule has 4 rings (SSSR count). The summed E-state index contributed by atoms with van der Waals surface area (Å²) < 4.78 is 2.00. The molecule has 5 nitrogen and oxygen atoms in total. The van der Waals surface area contributed by atoms with E-state index in [0.717, 1.165) is 34.3 Å². The van der Waals surface area contributed by atoms with Crippen LogP contribution in [-0.4, -0.2) is 20.7 Å². The number of benzene rings is 2. The van der Waals surface area contributed by atoms with Crippen LogP contribution in [0.2, 0.25) is 0 Å². The van der Waals surface area contributed by atoms with E-state index in [2.05, 4.69) is 34.6 Å². The molecule has 0 spiro atoms. The normalized spacial score (nSPS) is 10.9. The van der Waals surface area contributed by atoms with Gasteiger partial charge in [-0.15, -0.1) is 0 Å². The maximum absolute atomic E-state index is 12.1. The Morgan fingerprint density at radius 3 is 2.54 bits per heavy atom. The van der Waals surface area contributed by atoms with E-state index in [1.54, 1.807) is 6.20 Å². The third-order valence-corrected chi connectivity index (χ3v) is 4.67. The lowest BCUT2D eigenvalue weighted by Crippen LogP contribution is -2.23. The molecule has 2 aromatic heterocycles. The number of carbonyl (C=O) groups excluding carboxylic acids is 1. The van der Waals surface area contributed by atoms with Gasteiger partial charge in [-0.05, 0) is 24.6 Å². The second-order valence-electron chi connectivity index (χ2n) is 6.66. The number of carbonyl (C=O) groups is 1. The van der Waals surface area contributed by atoms with E-state index in [9.17, 15) is 4.79 Å². The molecular weight excluding hydrogens is 348 g/mol. The Labute approximate surface area is 164 Å². The maximum Gasteiger partial charge on any atom is 0.220 e. The Morgan fingerprint density at radius 2 is 1.71 bits per heavy atom. The van der Waals surface area contributed by atoms with E-state index in [-0.39, 0.29) is 5.91 Å². The number of hydrogen-bond acceptors (Lipinski definition) is 3. The van der Waals surface area contributed by atoms with Gasteiger partial charge in [-0.25, -0.2) is 0 Å². The van der Waals surface area contributed by atoms with E-state index in [4.69, 9.17) is 5.10 Å². The first-order valence-corrected chi connectivity index (χ1v) is 9.49. The standard InChI is InChI=1S/C23H22N4O/c28-22(25-17-19-11-6-7-15-24-19)14-8-16-27-21-13-5-4-12-20(21)23(26-27)18-9-2-1-3-10-18/h1-7,9-13,15H,8,14,16-17H2,(H,25,28). The Hall–Kier alpha value is -3.47. The number of pyridine rings is 1. The van der Waals surface area contributed by atoms with Gasteiger partial charge in [0.15, 0.2) is 0 Å². The van der Waals surface area contributed by atoms with Gasteiger partial charge in [-0.1, -0.05) is 54.6 Å². The molecule has 140 valence electrons. The second kappa shape index (κ2) is 8.48. The third-order valence-electron chi connectivity index (χ3n) is 4.67. The third kappa shape index (κ3) is 4.09. The van der Waals surface area contributed by atoms with Crippen molar-refractivity contribution in [2.45, 2.75) is 25.9 Å². The van der Waals surface area contributed by atoms with Crippen LogP contribution in [0.1, 0.15) is 18.5 Å². The zero-order valence-electron chi connectivity index (χ0n) is 15.6. The molecule has 0 atom stereocenters. The summed E-state index contributed by atoms with van der Waals surface area (Å²) in [5.41, 5.74) is 4.04. The van der Waals surface area contributed by atoms with Crippen LogP contribution in [0.15, 0.2) is 79.0 Å². The first-order valence-electron chi connectivity index (χ1n) is 9.49. The summed E-state index contributed by atoms with van der Waals surface area (Å²) in [4.78, 5) is 16.3. The minimum absolute atomic E-state index is 0.0328. The molecule has 0 aliphatic rings. The zero-order chi connectivity index (χ0) is 19.2. The predicted molar refractivity (Wildman–Crippen MR) is 110 cm³/mol. The molecule has 0 unspecified atom stereocenters. The highest BCUT2D eigenvalue weighted by Crippen LogP contribution is 2.27. The van der Waals surface area contributed by atoms with E-state index >= 15 is 0 Å². The van der Waals surface area contributed by atoms with Crippen LogP contribution in [0.25, 0.3) is 22.2 Å². The van der Waals surface area contributed by atoms with Gasteiger partial charge < -0.3 is 5.32 Å². The summed E-state index contributed by atoms with van der Waals surface area (Å²) in [6.07, 6.45) is 2.92. The molecule has 2 heterocycles. The largest absolute Gasteiger partial charge is 0.350 e. The molecular formula is C23H22N4O. The number of aromatic nitrogens is 3. The van der Waals surface area contributed by atoms with Crippen LogP contribution in [0.4, 0.5) is 0 Å². The summed E-state index contributed by atoms with van der Waals surface area (Å²) in [7, 11) is 0. The lowest BCUT2D eigenvalue weighted by molar-refractivity contribution is -0.121. The topological polar surface area (TPSA) is 59.8 Å².